The Kier molecular flexibility index (Phi) is 5.22. The molecular formula is C15H23BrN2. The Morgan fingerprint density at radius 3 is 2.67 bits per heavy atom. The van der Waals surface area contributed by atoms with E-state index in [-0.39, 0.29) is 0 Å². The van der Waals surface area contributed by atoms with Crippen LogP contribution in [-0.2, 0) is 6.54 Å². The van der Waals surface area contributed by atoms with E-state index in [0.717, 1.165) is 23.5 Å². The first-order valence-electron chi connectivity index (χ1n) is 6.84. The summed E-state index contributed by atoms with van der Waals surface area (Å²) in [6, 6.07) is 9.25. The molecule has 1 saturated heterocycles. The van der Waals surface area contributed by atoms with Crippen LogP contribution in [0.4, 0.5) is 0 Å². The van der Waals surface area contributed by atoms with Crippen molar-refractivity contribution in [3.63, 3.8) is 0 Å². The highest BCUT2D eigenvalue weighted by Gasteiger charge is 2.23. The van der Waals surface area contributed by atoms with E-state index in [2.05, 4.69) is 64.3 Å². The minimum atomic E-state index is 0.696. The second kappa shape index (κ2) is 6.69. The van der Waals surface area contributed by atoms with Gasteiger partial charge in [0, 0.05) is 23.6 Å². The molecule has 0 radical (unpaired) electrons. The van der Waals surface area contributed by atoms with Gasteiger partial charge in [-0.15, -0.1) is 0 Å². The predicted octanol–water partition coefficient (Wildman–Crippen LogP) is 3.27. The minimum Gasteiger partial charge on any atom is -0.312 e. The molecule has 1 aliphatic heterocycles. The topological polar surface area (TPSA) is 15.3 Å². The third-order valence-electron chi connectivity index (χ3n) is 3.72. The maximum Gasteiger partial charge on any atom is 0.0205 e. The summed E-state index contributed by atoms with van der Waals surface area (Å²) in [5.41, 5.74) is 1.36. The molecule has 100 valence electrons. The number of halogens is 1. The van der Waals surface area contributed by atoms with Gasteiger partial charge in [0.15, 0.2) is 0 Å². The van der Waals surface area contributed by atoms with E-state index < -0.39 is 0 Å². The lowest BCUT2D eigenvalue weighted by atomic mass is 10.1. The van der Waals surface area contributed by atoms with E-state index in [4.69, 9.17) is 0 Å². The van der Waals surface area contributed by atoms with Gasteiger partial charge in [-0.25, -0.2) is 0 Å². The van der Waals surface area contributed by atoms with Crippen molar-refractivity contribution in [2.24, 2.45) is 5.92 Å². The number of nitrogens with one attached hydrogen (secondary N) is 1. The van der Waals surface area contributed by atoms with Crippen LogP contribution in [0, 0.1) is 5.92 Å². The molecule has 1 aromatic carbocycles. The van der Waals surface area contributed by atoms with Crippen LogP contribution in [0.1, 0.15) is 25.8 Å². The van der Waals surface area contributed by atoms with Crippen LogP contribution in [0.3, 0.4) is 0 Å². The molecule has 1 atom stereocenters. The lowest BCUT2D eigenvalue weighted by Gasteiger charge is -2.20. The first-order chi connectivity index (χ1) is 8.65. The van der Waals surface area contributed by atoms with Gasteiger partial charge in [-0.3, -0.25) is 0 Å². The zero-order valence-corrected chi connectivity index (χ0v) is 12.9. The van der Waals surface area contributed by atoms with Gasteiger partial charge < -0.3 is 10.2 Å². The summed E-state index contributed by atoms with van der Waals surface area (Å²) in [6.07, 6.45) is 1.34. The molecule has 1 aromatic rings. The number of nitrogens with zero attached hydrogens (tertiary/aromatic N) is 1. The lowest BCUT2D eigenvalue weighted by molar-refractivity contribution is 0.264. The zero-order chi connectivity index (χ0) is 13.0. The largest absolute Gasteiger partial charge is 0.312 e. The van der Waals surface area contributed by atoms with Crippen molar-refractivity contribution in [1.82, 2.24) is 10.2 Å². The third-order valence-corrected chi connectivity index (χ3v) is 4.25. The van der Waals surface area contributed by atoms with E-state index in [1.807, 2.05) is 0 Å². The highest BCUT2D eigenvalue weighted by molar-refractivity contribution is 9.10. The monoisotopic (exact) mass is 310 g/mol. The average Bonchev–Trinajstić information content (AvgIpc) is 2.81. The Morgan fingerprint density at radius 1 is 1.33 bits per heavy atom. The Hall–Kier alpha value is -0.380. The van der Waals surface area contributed by atoms with Crippen LogP contribution in [0.5, 0.6) is 0 Å². The van der Waals surface area contributed by atoms with Crippen LogP contribution in [-0.4, -0.2) is 30.6 Å². The molecule has 0 aliphatic carbocycles. The van der Waals surface area contributed by atoms with E-state index in [0.29, 0.717) is 6.04 Å². The van der Waals surface area contributed by atoms with Crippen LogP contribution in [0.25, 0.3) is 0 Å². The molecule has 18 heavy (non-hydrogen) atoms. The smallest absolute Gasteiger partial charge is 0.0205 e. The van der Waals surface area contributed by atoms with Gasteiger partial charge in [-0.1, -0.05) is 28.1 Å². The number of hydrogen-bond donors (Lipinski definition) is 1. The lowest BCUT2D eigenvalue weighted by Crippen LogP contribution is -2.30. The van der Waals surface area contributed by atoms with E-state index >= 15 is 0 Å². The Balaban J connectivity index is 1.68. The minimum absolute atomic E-state index is 0.696. The van der Waals surface area contributed by atoms with Crippen LogP contribution in [0.2, 0.25) is 0 Å². The predicted molar refractivity (Wildman–Crippen MR) is 80.7 cm³/mol. The second-order valence-corrected chi connectivity index (χ2v) is 6.42. The van der Waals surface area contributed by atoms with Gasteiger partial charge >= 0.3 is 0 Å². The summed E-state index contributed by atoms with van der Waals surface area (Å²) in [5, 5.41) is 3.58. The molecule has 2 nitrogen and oxygen atoms in total. The molecule has 2 rings (SSSR count). The van der Waals surface area contributed by atoms with Crippen molar-refractivity contribution >= 4 is 15.9 Å². The first kappa shape index (κ1) is 14.0. The summed E-state index contributed by atoms with van der Waals surface area (Å²) < 4.78 is 1.15. The van der Waals surface area contributed by atoms with Crippen molar-refractivity contribution in [3.05, 3.63) is 34.3 Å². The fourth-order valence-corrected chi connectivity index (χ4v) is 2.79. The van der Waals surface area contributed by atoms with Gasteiger partial charge in [-0.2, -0.15) is 0 Å². The second-order valence-electron chi connectivity index (χ2n) is 5.50. The van der Waals surface area contributed by atoms with Crippen molar-refractivity contribution < 1.29 is 0 Å². The quantitative estimate of drug-likeness (QED) is 0.898. The Labute approximate surface area is 119 Å². The van der Waals surface area contributed by atoms with E-state index in [1.54, 1.807) is 0 Å². The molecule has 1 fully saturated rings. The molecule has 0 amide bonds. The number of hydrogen-bond acceptors (Lipinski definition) is 2. The van der Waals surface area contributed by atoms with E-state index in [9.17, 15) is 0 Å². The van der Waals surface area contributed by atoms with Gasteiger partial charge in [0.05, 0.1) is 0 Å². The van der Waals surface area contributed by atoms with Crippen LogP contribution in [0.15, 0.2) is 28.7 Å². The number of benzene rings is 1. The molecule has 1 heterocycles. The molecule has 0 spiro atoms. The molecule has 1 aliphatic rings. The fraction of sp³-hybridized carbons (Fsp3) is 0.600. The van der Waals surface area contributed by atoms with Gasteiger partial charge in [0.25, 0.3) is 0 Å². The van der Waals surface area contributed by atoms with Gasteiger partial charge in [0.1, 0.15) is 0 Å². The Bertz CT molecular complexity index is 361. The van der Waals surface area contributed by atoms with Crippen molar-refractivity contribution in [2.45, 2.75) is 32.9 Å². The zero-order valence-electron chi connectivity index (χ0n) is 11.3. The molecule has 0 aromatic heterocycles. The van der Waals surface area contributed by atoms with Gasteiger partial charge in [-0.05, 0) is 57.0 Å². The summed E-state index contributed by atoms with van der Waals surface area (Å²) in [4.78, 5) is 2.58. The highest BCUT2D eigenvalue weighted by atomic mass is 79.9. The molecule has 0 saturated carbocycles. The molecule has 0 bridgehead atoms. The maximum absolute atomic E-state index is 3.58. The van der Waals surface area contributed by atoms with Crippen molar-refractivity contribution in [2.75, 3.05) is 19.6 Å². The number of rotatable bonds is 5. The summed E-state index contributed by atoms with van der Waals surface area (Å²) >= 11 is 3.46. The van der Waals surface area contributed by atoms with E-state index in [1.165, 1.54) is 25.1 Å². The first-order valence-corrected chi connectivity index (χ1v) is 7.63. The van der Waals surface area contributed by atoms with Crippen LogP contribution < -0.4 is 5.32 Å². The molecular weight excluding hydrogens is 288 g/mol. The summed E-state index contributed by atoms with van der Waals surface area (Å²) in [5.74, 6) is 0.822. The van der Waals surface area contributed by atoms with Gasteiger partial charge in [0.2, 0.25) is 0 Å². The SMILES string of the molecule is CC(C)N1CCC(CNCc2ccc(Br)cc2)C1. The number of likely N-dealkylation sites (tertiary alicyclic amines) is 1. The fourth-order valence-electron chi connectivity index (χ4n) is 2.52. The standard InChI is InChI=1S/C15H23BrN2/c1-12(2)18-8-7-14(11-18)10-17-9-13-3-5-15(16)6-4-13/h3-6,12,14,17H,7-11H2,1-2H3. The molecule has 1 N–H and O–H groups in total. The normalized spacial score (nSPS) is 20.8. The summed E-state index contributed by atoms with van der Waals surface area (Å²) in [6.45, 7) is 9.22. The van der Waals surface area contributed by atoms with Crippen LogP contribution >= 0.6 is 15.9 Å². The summed E-state index contributed by atoms with van der Waals surface area (Å²) in [7, 11) is 0. The highest BCUT2D eigenvalue weighted by Crippen LogP contribution is 2.17. The molecule has 3 heteroatoms. The maximum atomic E-state index is 3.58. The third kappa shape index (κ3) is 4.08. The average molecular weight is 311 g/mol. The van der Waals surface area contributed by atoms with Crippen molar-refractivity contribution in [3.8, 4) is 0 Å². The molecule has 1 unspecified atom stereocenters. The Morgan fingerprint density at radius 2 is 2.06 bits per heavy atom. The van der Waals surface area contributed by atoms with Crippen molar-refractivity contribution in [1.29, 1.82) is 0 Å².